The van der Waals surface area contributed by atoms with E-state index in [1.165, 1.54) is 18.4 Å². The van der Waals surface area contributed by atoms with E-state index in [1.54, 1.807) is 12.1 Å². The van der Waals surface area contributed by atoms with Crippen LogP contribution in [0.1, 0.15) is 47.5 Å². The maximum absolute atomic E-state index is 13.4. The van der Waals surface area contributed by atoms with Crippen LogP contribution in [0, 0.1) is 10.1 Å². The van der Waals surface area contributed by atoms with Crippen molar-refractivity contribution in [2.75, 3.05) is 4.90 Å². The van der Waals surface area contributed by atoms with Gasteiger partial charge >= 0.3 is 0 Å². The summed E-state index contributed by atoms with van der Waals surface area (Å²) in [5.74, 6) is -2.29. The lowest BCUT2D eigenvalue weighted by molar-refractivity contribution is -0.384. The highest BCUT2D eigenvalue weighted by Gasteiger charge is 2.46. The quantitative estimate of drug-likeness (QED) is 0.164. The van der Waals surface area contributed by atoms with Gasteiger partial charge in [-0.3, -0.25) is 24.6 Å². The van der Waals surface area contributed by atoms with Gasteiger partial charge in [0.1, 0.15) is 4.21 Å². The predicted molar refractivity (Wildman–Crippen MR) is 144 cm³/mol. The number of thiazole rings is 1. The number of carbonyl (C=O) groups excluding carboxylic acids is 2. The number of aliphatic hydroxyl groups excluding tert-OH is 1. The van der Waals surface area contributed by atoms with Crippen molar-refractivity contribution in [3.63, 3.8) is 0 Å². The molecule has 204 valence electrons. The minimum Gasteiger partial charge on any atom is -0.503 e. The molecule has 0 aliphatic carbocycles. The average Bonchev–Trinajstić information content (AvgIpc) is 3.69. The van der Waals surface area contributed by atoms with Gasteiger partial charge in [-0.2, -0.15) is 0 Å². The molecule has 13 heteroatoms. The minimum atomic E-state index is -4.15. The molecule has 0 saturated heterocycles. The van der Waals surface area contributed by atoms with E-state index in [1.807, 2.05) is 26.0 Å². The molecule has 2 aromatic heterocycles. The van der Waals surface area contributed by atoms with Crippen molar-refractivity contribution >= 4 is 43.7 Å². The number of nitro groups is 1. The summed E-state index contributed by atoms with van der Waals surface area (Å²) in [5.41, 5.74) is 1.00. The third-order valence-corrected chi connectivity index (χ3v) is 9.65. The van der Waals surface area contributed by atoms with Crippen LogP contribution in [0.15, 0.2) is 98.0 Å². The fraction of sp³-hybridized carbons (Fsp3) is 0.148. The number of hydrogen-bond acceptors (Lipinski definition) is 10. The maximum Gasteiger partial charge on any atom is 0.296 e. The number of aromatic nitrogens is 1. The molecule has 1 aliphatic rings. The zero-order valence-corrected chi connectivity index (χ0v) is 22.7. The zero-order chi connectivity index (χ0) is 28.8. The second-order valence-electron chi connectivity index (χ2n) is 9.18. The van der Waals surface area contributed by atoms with Crippen LogP contribution in [-0.2, 0) is 14.6 Å². The van der Waals surface area contributed by atoms with Crippen LogP contribution in [0.2, 0.25) is 0 Å². The molecule has 1 amide bonds. The lowest BCUT2D eigenvalue weighted by atomic mass is 9.93. The van der Waals surface area contributed by atoms with Crippen LogP contribution in [0.25, 0.3) is 0 Å². The third kappa shape index (κ3) is 4.58. The Hall–Kier alpha value is -4.62. The van der Waals surface area contributed by atoms with Crippen molar-refractivity contribution in [3.05, 3.63) is 111 Å². The number of sulfone groups is 1. The highest BCUT2D eigenvalue weighted by molar-refractivity contribution is 7.93. The summed E-state index contributed by atoms with van der Waals surface area (Å²) >= 11 is 0.666. The van der Waals surface area contributed by atoms with Crippen molar-refractivity contribution in [1.82, 2.24) is 4.98 Å². The number of rotatable bonds is 8. The van der Waals surface area contributed by atoms with Gasteiger partial charge in [-0.1, -0.05) is 49.4 Å². The molecule has 0 fully saturated rings. The van der Waals surface area contributed by atoms with Crippen molar-refractivity contribution in [2.45, 2.75) is 34.9 Å². The van der Waals surface area contributed by atoms with Crippen LogP contribution in [-0.4, -0.2) is 35.1 Å². The molecule has 40 heavy (non-hydrogen) atoms. The molecular formula is C27H21N3O8S2. The Morgan fingerprint density at radius 1 is 1.12 bits per heavy atom. The van der Waals surface area contributed by atoms with Gasteiger partial charge in [0, 0.05) is 12.1 Å². The molecule has 0 unspecified atom stereocenters. The number of carbonyl (C=O) groups is 2. The molecule has 0 spiro atoms. The first-order valence-electron chi connectivity index (χ1n) is 11.9. The number of benzene rings is 2. The first kappa shape index (κ1) is 27.0. The molecule has 0 radical (unpaired) electrons. The van der Waals surface area contributed by atoms with Crippen molar-refractivity contribution in [1.29, 1.82) is 0 Å². The monoisotopic (exact) mass is 579 g/mol. The summed E-state index contributed by atoms with van der Waals surface area (Å²) in [7, 11) is -4.15. The number of Topliss-reactive ketones (excluding diaryl/α,β-unsaturated/α-hetero) is 1. The molecule has 1 aliphatic heterocycles. The summed E-state index contributed by atoms with van der Waals surface area (Å²) in [4.78, 5) is 42.1. The van der Waals surface area contributed by atoms with Crippen molar-refractivity contribution in [3.8, 4) is 0 Å². The smallest absolute Gasteiger partial charge is 0.296 e. The van der Waals surface area contributed by atoms with Gasteiger partial charge in [0.15, 0.2) is 16.7 Å². The number of non-ortho nitro benzene ring substituents is 1. The maximum atomic E-state index is 13.4. The number of ketones is 1. The molecule has 5 rings (SSSR count). The summed E-state index contributed by atoms with van der Waals surface area (Å²) in [6.07, 6.45) is 2.36. The number of nitro benzene ring substituents is 1. The van der Waals surface area contributed by atoms with E-state index in [4.69, 9.17) is 4.42 Å². The predicted octanol–water partition coefficient (Wildman–Crippen LogP) is 5.38. The van der Waals surface area contributed by atoms with Crippen LogP contribution in [0.5, 0.6) is 0 Å². The number of furan rings is 1. The Labute approximate surface area is 232 Å². The molecule has 2 aromatic carbocycles. The molecule has 11 nitrogen and oxygen atoms in total. The van der Waals surface area contributed by atoms with E-state index in [-0.39, 0.29) is 37.2 Å². The van der Waals surface area contributed by atoms with E-state index in [2.05, 4.69) is 4.98 Å². The molecule has 3 heterocycles. The van der Waals surface area contributed by atoms with E-state index >= 15 is 0 Å². The van der Waals surface area contributed by atoms with Crippen LogP contribution in [0.4, 0.5) is 10.8 Å². The Morgan fingerprint density at radius 3 is 2.38 bits per heavy atom. The van der Waals surface area contributed by atoms with Crippen LogP contribution >= 0.6 is 11.3 Å². The Kier molecular flexibility index (Phi) is 6.85. The standard InChI is InChI=1S/C27H21N3O8S2/c1-15(2)16-5-7-17(8-6-16)23-22(24(31)20-4-3-13-38-20)25(32)26(33)29(23)27-28-14-21(39-27)40(36,37)19-11-9-18(10-12-19)30(34)35/h3-15,23,32H,1-2H3/t23-/m0/s1. The molecule has 1 atom stereocenters. The van der Waals surface area contributed by atoms with E-state index in [9.17, 15) is 33.2 Å². The summed E-state index contributed by atoms with van der Waals surface area (Å²) in [6, 6.07) is 13.3. The highest BCUT2D eigenvalue weighted by Crippen LogP contribution is 2.44. The van der Waals surface area contributed by atoms with Gasteiger partial charge in [0.25, 0.3) is 11.6 Å². The second-order valence-corrected chi connectivity index (χ2v) is 12.4. The first-order valence-corrected chi connectivity index (χ1v) is 14.2. The molecular weight excluding hydrogens is 558 g/mol. The van der Waals surface area contributed by atoms with E-state index in [0.717, 1.165) is 40.9 Å². The minimum absolute atomic E-state index is 0.0720. The SMILES string of the molecule is CC(C)c1ccc([C@H]2C(C(=O)c3ccco3)=C(O)C(=O)N2c2ncc(S(=O)(=O)c3ccc([N+](=O)[O-])cc3)s2)cc1. The van der Waals surface area contributed by atoms with Gasteiger partial charge in [-0.05, 0) is 41.3 Å². The van der Waals surface area contributed by atoms with Crippen LogP contribution in [0.3, 0.4) is 0 Å². The van der Waals surface area contributed by atoms with E-state index in [0.29, 0.717) is 16.9 Å². The normalized spacial score (nSPS) is 15.7. The van der Waals surface area contributed by atoms with Gasteiger partial charge < -0.3 is 9.52 Å². The lowest BCUT2D eigenvalue weighted by Crippen LogP contribution is -2.31. The van der Waals surface area contributed by atoms with Crippen LogP contribution < -0.4 is 4.90 Å². The van der Waals surface area contributed by atoms with Gasteiger partial charge in [-0.25, -0.2) is 13.4 Å². The number of aliphatic hydroxyl groups is 1. The second kappa shape index (κ2) is 10.2. The topological polar surface area (TPSA) is 161 Å². The highest BCUT2D eigenvalue weighted by atomic mass is 32.2. The van der Waals surface area contributed by atoms with Gasteiger partial charge in [0.05, 0.1) is 33.9 Å². The molecule has 0 saturated carbocycles. The summed E-state index contributed by atoms with van der Waals surface area (Å²) < 4.78 is 31.5. The molecule has 0 bridgehead atoms. The molecule has 4 aromatic rings. The largest absolute Gasteiger partial charge is 0.503 e. The van der Waals surface area contributed by atoms with Gasteiger partial charge in [-0.15, -0.1) is 0 Å². The Morgan fingerprint density at radius 2 is 1.80 bits per heavy atom. The summed E-state index contributed by atoms with van der Waals surface area (Å²) in [5, 5.41) is 21.8. The number of anilines is 1. The number of nitrogens with zero attached hydrogens (tertiary/aromatic N) is 3. The molecule has 1 N–H and O–H groups in total. The Balaban J connectivity index is 1.58. The zero-order valence-electron chi connectivity index (χ0n) is 21.0. The fourth-order valence-electron chi connectivity index (χ4n) is 4.30. The van der Waals surface area contributed by atoms with Crippen molar-refractivity contribution < 1.29 is 32.5 Å². The lowest BCUT2D eigenvalue weighted by Gasteiger charge is -2.24. The first-order chi connectivity index (χ1) is 19.0. The Bertz CT molecular complexity index is 1750. The number of hydrogen-bond donors (Lipinski definition) is 1. The summed E-state index contributed by atoms with van der Waals surface area (Å²) in [6.45, 7) is 4.03. The van der Waals surface area contributed by atoms with Gasteiger partial charge in [0.2, 0.25) is 15.6 Å². The van der Waals surface area contributed by atoms with E-state index < -0.39 is 38.3 Å². The third-order valence-electron chi connectivity index (χ3n) is 6.42. The fourth-order valence-corrected chi connectivity index (χ4v) is 6.85. The van der Waals surface area contributed by atoms with Crippen molar-refractivity contribution in [2.24, 2.45) is 0 Å². The number of amides is 1. The average molecular weight is 580 g/mol.